The molecule has 2 heterocycles. The van der Waals surface area contributed by atoms with Crippen molar-refractivity contribution in [3.8, 4) is 0 Å². The number of amides is 2. The van der Waals surface area contributed by atoms with E-state index in [0.717, 1.165) is 32.4 Å². The van der Waals surface area contributed by atoms with Gasteiger partial charge in [-0.2, -0.15) is 0 Å². The van der Waals surface area contributed by atoms with Gasteiger partial charge in [-0.1, -0.05) is 19.9 Å². The van der Waals surface area contributed by atoms with Crippen LogP contribution in [0.25, 0.3) is 0 Å². The van der Waals surface area contributed by atoms with Crippen LogP contribution in [0.5, 0.6) is 0 Å². The number of urea groups is 1. The summed E-state index contributed by atoms with van der Waals surface area (Å²) in [6, 6.07) is 4.26. The quantitative estimate of drug-likeness (QED) is 0.877. The first-order chi connectivity index (χ1) is 10.1. The van der Waals surface area contributed by atoms with Crippen LogP contribution >= 0.6 is 11.3 Å². The molecule has 0 bridgehead atoms. The number of aliphatic hydroxyl groups is 1. The summed E-state index contributed by atoms with van der Waals surface area (Å²) in [5, 5.41) is 14.4. The maximum absolute atomic E-state index is 12.4. The summed E-state index contributed by atoms with van der Waals surface area (Å²) in [5.74, 6) is 0.898. The highest BCUT2D eigenvalue weighted by molar-refractivity contribution is 7.10. The maximum atomic E-state index is 12.4. The van der Waals surface area contributed by atoms with E-state index in [4.69, 9.17) is 5.11 Å². The molecule has 0 aromatic carbocycles. The number of piperidine rings is 1. The number of thiophene rings is 1. The molecule has 2 N–H and O–H groups in total. The fourth-order valence-electron chi connectivity index (χ4n) is 2.77. The van der Waals surface area contributed by atoms with E-state index < -0.39 is 0 Å². The molecule has 0 radical (unpaired) electrons. The fraction of sp³-hybridized carbons (Fsp3) is 0.688. The van der Waals surface area contributed by atoms with E-state index in [1.54, 1.807) is 11.3 Å². The minimum Gasteiger partial charge on any atom is -0.396 e. The van der Waals surface area contributed by atoms with Crippen molar-refractivity contribution in [2.75, 3.05) is 19.7 Å². The smallest absolute Gasteiger partial charge is 0.317 e. The van der Waals surface area contributed by atoms with E-state index >= 15 is 0 Å². The maximum Gasteiger partial charge on any atom is 0.317 e. The molecular formula is C16H26N2O2S. The summed E-state index contributed by atoms with van der Waals surface area (Å²) in [6.45, 7) is 6.09. The number of likely N-dealkylation sites (tertiary alicyclic amines) is 1. The monoisotopic (exact) mass is 310 g/mol. The van der Waals surface area contributed by atoms with E-state index in [9.17, 15) is 4.79 Å². The second kappa shape index (κ2) is 7.80. The molecule has 1 unspecified atom stereocenters. The van der Waals surface area contributed by atoms with Crippen molar-refractivity contribution in [3.63, 3.8) is 0 Å². The molecule has 21 heavy (non-hydrogen) atoms. The van der Waals surface area contributed by atoms with Crippen molar-refractivity contribution in [2.45, 2.75) is 39.2 Å². The average Bonchev–Trinajstić information content (AvgIpc) is 3.00. The number of carbonyl (C=O) groups is 1. The second-order valence-corrected chi connectivity index (χ2v) is 7.24. The lowest BCUT2D eigenvalue weighted by Gasteiger charge is -2.32. The van der Waals surface area contributed by atoms with Crippen molar-refractivity contribution in [2.24, 2.45) is 11.8 Å². The Morgan fingerprint density at radius 1 is 1.48 bits per heavy atom. The Kier molecular flexibility index (Phi) is 6.06. The molecule has 1 fully saturated rings. The Morgan fingerprint density at radius 3 is 2.71 bits per heavy atom. The van der Waals surface area contributed by atoms with Gasteiger partial charge >= 0.3 is 6.03 Å². The van der Waals surface area contributed by atoms with E-state index in [0.29, 0.717) is 11.8 Å². The third-order valence-electron chi connectivity index (χ3n) is 4.05. The van der Waals surface area contributed by atoms with E-state index in [-0.39, 0.29) is 18.7 Å². The molecule has 4 nitrogen and oxygen atoms in total. The highest BCUT2D eigenvalue weighted by Gasteiger charge is 2.25. The van der Waals surface area contributed by atoms with Gasteiger partial charge < -0.3 is 15.3 Å². The number of nitrogens with zero attached hydrogens (tertiary/aromatic N) is 1. The second-order valence-electron chi connectivity index (χ2n) is 6.26. The van der Waals surface area contributed by atoms with Gasteiger partial charge in [0.2, 0.25) is 0 Å². The van der Waals surface area contributed by atoms with E-state index in [2.05, 4.69) is 30.6 Å². The highest BCUT2D eigenvalue weighted by atomic mass is 32.1. The molecule has 2 rings (SSSR count). The van der Waals surface area contributed by atoms with E-state index in [1.807, 2.05) is 11.0 Å². The van der Waals surface area contributed by atoms with Crippen LogP contribution < -0.4 is 5.32 Å². The Balaban J connectivity index is 1.92. The van der Waals surface area contributed by atoms with Gasteiger partial charge in [-0.15, -0.1) is 11.3 Å². The predicted octanol–water partition coefficient (Wildman–Crippen LogP) is 3.25. The van der Waals surface area contributed by atoms with Gasteiger partial charge in [0, 0.05) is 24.6 Å². The molecule has 1 aromatic rings. The van der Waals surface area contributed by atoms with Gasteiger partial charge in [0.15, 0.2) is 0 Å². The Labute approximate surface area is 131 Å². The third kappa shape index (κ3) is 4.71. The van der Waals surface area contributed by atoms with Crippen LogP contribution in [-0.2, 0) is 0 Å². The SMILES string of the molecule is CC(C)CC(NC(=O)N1CCC(CO)CC1)c1cccs1. The lowest BCUT2D eigenvalue weighted by molar-refractivity contribution is 0.135. The summed E-state index contributed by atoms with van der Waals surface area (Å²) in [4.78, 5) is 15.5. The van der Waals surface area contributed by atoms with Crippen molar-refractivity contribution in [1.29, 1.82) is 0 Å². The number of rotatable bonds is 5. The van der Waals surface area contributed by atoms with Gasteiger partial charge in [0.25, 0.3) is 0 Å². The van der Waals surface area contributed by atoms with Crippen molar-refractivity contribution in [3.05, 3.63) is 22.4 Å². The lowest BCUT2D eigenvalue weighted by atomic mass is 9.98. The fourth-order valence-corrected chi connectivity index (χ4v) is 3.56. The zero-order chi connectivity index (χ0) is 15.2. The van der Waals surface area contributed by atoms with Crippen LogP contribution in [0.1, 0.15) is 44.0 Å². The van der Waals surface area contributed by atoms with Crippen LogP contribution in [0, 0.1) is 11.8 Å². The normalized spacial score (nSPS) is 18.0. The van der Waals surface area contributed by atoms with Crippen LogP contribution in [0.3, 0.4) is 0 Å². The highest BCUT2D eigenvalue weighted by Crippen LogP contribution is 2.26. The topological polar surface area (TPSA) is 52.6 Å². The number of aliphatic hydroxyl groups excluding tert-OH is 1. The summed E-state index contributed by atoms with van der Waals surface area (Å²) in [5.41, 5.74) is 0. The average molecular weight is 310 g/mol. The van der Waals surface area contributed by atoms with Crippen molar-refractivity contribution in [1.82, 2.24) is 10.2 Å². The van der Waals surface area contributed by atoms with Crippen LogP contribution in [0.2, 0.25) is 0 Å². The summed E-state index contributed by atoms with van der Waals surface area (Å²) >= 11 is 1.70. The molecule has 1 aromatic heterocycles. The molecule has 2 amide bonds. The number of hydrogen-bond acceptors (Lipinski definition) is 3. The summed E-state index contributed by atoms with van der Waals surface area (Å²) in [6.07, 6.45) is 2.76. The Hall–Kier alpha value is -1.07. The molecule has 118 valence electrons. The number of hydrogen-bond donors (Lipinski definition) is 2. The molecule has 1 saturated heterocycles. The van der Waals surface area contributed by atoms with Crippen molar-refractivity contribution >= 4 is 17.4 Å². The van der Waals surface area contributed by atoms with Crippen LogP contribution in [-0.4, -0.2) is 35.7 Å². The predicted molar refractivity (Wildman–Crippen MR) is 86.4 cm³/mol. The Morgan fingerprint density at radius 2 is 2.19 bits per heavy atom. The third-order valence-corrected chi connectivity index (χ3v) is 5.04. The minimum absolute atomic E-state index is 0.0328. The lowest BCUT2D eigenvalue weighted by Crippen LogP contribution is -2.46. The minimum atomic E-state index is 0.0328. The Bertz CT molecular complexity index is 425. The van der Waals surface area contributed by atoms with Crippen LogP contribution in [0.4, 0.5) is 4.79 Å². The van der Waals surface area contributed by atoms with Gasteiger partial charge in [0.1, 0.15) is 0 Å². The zero-order valence-corrected chi connectivity index (χ0v) is 13.7. The summed E-state index contributed by atoms with van der Waals surface area (Å²) in [7, 11) is 0. The molecule has 0 aliphatic carbocycles. The molecule has 1 aliphatic rings. The first-order valence-electron chi connectivity index (χ1n) is 7.79. The van der Waals surface area contributed by atoms with Gasteiger partial charge in [-0.25, -0.2) is 4.79 Å². The van der Waals surface area contributed by atoms with Crippen molar-refractivity contribution < 1.29 is 9.90 Å². The molecule has 0 saturated carbocycles. The van der Waals surface area contributed by atoms with Gasteiger partial charge in [0.05, 0.1) is 6.04 Å². The number of nitrogens with one attached hydrogen (secondary N) is 1. The molecule has 0 spiro atoms. The summed E-state index contributed by atoms with van der Waals surface area (Å²) < 4.78 is 0. The first-order valence-corrected chi connectivity index (χ1v) is 8.67. The van der Waals surface area contributed by atoms with Gasteiger partial charge in [-0.3, -0.25) is 0 Å². The standard InChI is InChI=1S/C16H26N2O2S/c1-12(2)10-14(15-4-3-9-21-15)17-16(20)18-7-5-13(11-19)6-8-18/h3-4,9,12-14,19H,5-8,10-11H2,1-2H3,(H,17,20). The largest absolute Gasteiger partial charge is 0.396 e. The molecule has 5 heteroatoms. The molecular weight excluding hydrogens is 284 g/mol. The first kappa shape index (κ1) is 16.3. The molecule has 1 atom stereocenters. The van der Waals surface area contributed by atoms with Crippen LogP contribution in [0.15, 0.2) is 17.5 Å². The van der Waals surface area contributed by atoms with Gasteiger partial charge in [-0.05, 0) is 42.5 Å². The number of carbonyl (C=O) groups excluding carboxylic acids is 1. The zero-order valence-electron chi connectivity index (χ0n) is 12.9. The molecule has 1 aliphatic heterocycles. The van der Waals surface area contributed by atoms with E-state index in [1.165, 1.54) is 4.88 Å².